The van der Waals surface area contributed by atoms with E-state index in [0.717, 1.165) is 32.2 Å². The van der Waals surface area contributed by atoms with E-state index in [1.807, 2.05) is 0 Å². The topological polar surface area (TPSA) is 26.0 Å². The van der Waals surface area contributed by atoms with Crippen molar-refractivity contribution in [3.63, 3.8) is 0 Å². The van der Waals surface area contributed by atoms with Crippen LogP contribution in [0, 0.1) is 17.8 Å². The molecule has 1 nitrogen and oxygen atoms in total. The number of rotatable bonds is 1. The predicted octanol–water partition coefficient (Wildman–Crippen LogP) is 1.72. The fraction of sp³-hybridized carbons (Fsp3) is 1.00. The molecule has 11 heavy (non-hydrogen) atoms. The molecule has 0 aromatic rings. The van der Waals surface area contributed by atoms with Crippen LogP contribution in [0.5, 0.6) is 0 Å². The molecule has 0 spiro atoms. The molecule has 0 heterocycles. The Hall–Kier alpha value is -0.110. The highest BCUT2D eigenvalue weighted by molar-refractivity contribution is 4.92. The van der Waals surface area contributed by atoms with Gasteiger partial charge in [-0.1, -0.05) is 0 Å². The molecule has 2 fully saturated rings. The first kappa shape index (κ1) is 7.53. The van der Waals surface area contributed by atoms with Crippen LogP contribution in [0.25, 0.3) is 0 Å². The molecule has 2 bridgehead atoms. The quantitative estimate of drug-likeness (QED) is 0.616. The number of fused-ring (bicyclic) bond motifs is 2. The van der Waals surface area contributed by atoms with Crippen LogP contribution in [-0.4, -0.2) is 12.7 Å². The van der Waals surface area contributed by atoms with E-state index in [4.69, 9.17) is 5.73 Å². The van der Waals surface area contributed by atoms with E-state index in [1.54, 1.807) is 0 Å². The van der Waals surface area contributed by atoms with Crippen LogP contribution in [0.2, 0.25) is 0 Å². The van der Waals surface area contributed by atoms with Crippen LogP contribution >= 0.6 is 0 Å². The molecule has 2 aliphatic rings. The Balaban J connectivity index is 2.02. The second kappa shape index (κ2) is 2.74. The lowest BCUT2D eigenvalue weighted by Gasteiger charge is -2.29. The number of hydrogen-bond donors (Lipinski definition) is 1. The van der Waals surface area contributed by atoms with Crippen LogP contribution in [0.4, 0.5) is 4.39 Å². The minimum atomic E-state index is -0.488. The zero-order chi connectivity index (χ0) is 7.84. The lowest BCUT2D eigenvalue weighted by molar-refractivity contribution is 0.121. The Morgan fingerprint density at radius 1 is 1.18 bits per heavy atom. The van der Waals surface area contributed by atoms with Crippen molar-refractivity contribution in [3.05, 3.63) is 0 Å². The van der Waals surface area contributed by atoms with Gasteiger partial charge >= 0.3 is 0 Å². The maximum absolute atomic E-state index is 13.3. The van der Waals surface area contributed by atoms with Crippen molar-refractivity contribution in [2.45, 2.75) is 31.9 Å². The van der Waals surface area contributed by atoms with Gasteiger partial charge < -0.3 is 5.73 Å². The van der Waals surface area contributed by atoms with E-state index in [0.29, 0.717) is 17.8 Å². The fourth-order valence-electron chi connectivity index (χ4n) is 2.77. The van der Waals surface area contributed by atoms with Gasteiger partial charge in [-0.15, -0.1) is 0 Å². The molecule has 0 aromatic heterocycles. The summed E-state index contributed by atoms with van der Waals surface area (Å²) in [6, 6.07) is 0. The van der Waals surface area contributed by atoms with Gasteiger partial charge in [-0.3, -0.25) is 0 Å². The van der Waals surface area contributed by atoms with Crippen LogP contribution in [0.15, 0.2) is 0 Å². The molecule has 0 radical (unpaired) electrons. The van der Waals surface area contributed by atoms with Gasteiger partial charge in [0, 0.05) is 0 Å². The summed E-state index contributed by atoms with van der Waals surface area (Å²) in [5.41, 5.74) is 5.58. The van der Waals surface area contributed by atoms with Gasteiger partial charge in [0.05, 0.1) is 0 Å². The molecule has 2 saturated carbocycles. The van der Waals surface area contributed by atoms with Gasteiger partial charge in [0.15, 0.2) is 0 Å². The number of nitrogens with two attached hydrogens (primary N) is 1. The van der Waals surface area contributed by atoms with Crippen molar-refractivity contribution in [3.8, 4) is 0 Å². The second-order valence-electron chi connectivity index (χ2n) is 4.12. The summed E-state index contributed by atoms with van der Waals surface area (Å²) in [7, 11) is 0. The third-order valence-electron chi connectivity index (χ3n) is 3.41. The molecule has 0 aliphatic heterocycles. The normalized spacial score (nSPS) is 49.6. The van der Waals surface area contributed by atoms with Crippen LogP contribution in [-0.2, 0) is 0 Å². The number of alkyl halides is 1. The SMILES string of the molecule is NCC1C[C@H]2CC[C@H](C1)C2F. The summed E-state index contributed by atoms with van der Waals surface area (Å²) in [5.74, 6) is 1.35. The van der Waals surface area contributed by atoms with E-state index in [9.17, 15) is 4.39 Å². The van der Waals surface area contributed by atoms with Gasteiger partial charge in [0.1, 0.15) is 6.17 Å². The lowest BCUT2D eigenvalue weighted by atomic mass is 9.80. The van der Waals surface area contributed by atoms with E-state index < -0.39 is 6.17 Å². The van der Waals surface area contributed by atoms with Crippen LogP contribution in [0.1, 0.15) is 25.7 Å². The number of halogens is 1. The highest BCUT2D eigenvalue weighted by atomic mass is 19.1. The third-order valence-corrected chi connectivity index (χ3v) is 3.41. The van der Waals surface area contributed by atoms with Crippen molar-refractivity contribution in [1.29, 1.82) is 0 Å². The van der Waals surface area contributed by atoms with Gasteiger partial charge in [0.2, 0.25) is 0 Å². The van der Waals surface area contributed by atoms with Crippen molar-refractivity contribution in [2.75, 3.05) is 6.54 Å². The van der Waals surface area contributed by atoms with Crippen molar-refractivity contribution in [1.82, 2.24) is 0 Å². The summed E-state index contributed by atoms with van der Waals surface area (Å²) < 4.78 is 13.3. The molecule has 2 atom stereocenters. The molecule has 0 aromatic carbocycles. The van der Waals surface area contributed by atoms with E-state index in [1.165, 1.54) is 0 Å². The zero-order valence-electron chi connectivity index (χ0n) is 6.80. The van der Waals surface area contributed by atoms with Crippen LogP contribution < -0.4 is 5.73 Å². The largest absolute Gasteiger partial charge is 0.330 e. The van der Waals surface area contributed by atoms with E-state index >= 15 is 0 Å². The lowest BCUT2D eigenvalue weighted by Crippen LogP contribution is -2.30. The summed E-state index contributed by atoms with van der Waals surface area (Å²) in [5, 5.41) is 0. The van der Waals surface area contributed by atoms with Gasteiger partial charge in [-0.2, -0.15) is 0 Å². The van der Waals surface area contributed by atoms with Gasteiger partial charge in [-0.05, 0) is 50.0 Å². The summed E-state index contributed by atoms with van der Waals surface area (Å²) in [6.07, 6.45) is 3.84. The predicted molar refractivity (Wildman–Crippen MR) is 42.9 cm³/mol. The first-order valence-electron chi connectivity index (χ1n) is 4.65. The Morgan fingerprint density at radius 3 is 2.18 bits per heavy atom. The Bertz CT molecular complexity index is 134. The minimum absolute atomic E-state index is 0.363. The molecule has 64 valence electrons. The summed E-state index contributed by atoms with van der Waals surface area (Å²) >= 11 is 0. The Labute approximate surface area is 67.2 Å². The third kappa shape index (κ3) is 1.18. The van der Waals surface area contributed by atoms with Crippen molar-refractivity contribution in [2.24, 2.45) is 23.5 Å². The highest BCUT2D eigenvalue weighted by Crippen LogP contribution is 2.46. The van der Waals surface area contributed by atoms with Gasteiger partial charge in [0.25, 0.3) is 0 Å². The first-order valence-corrected chi connectivity index (χ1v) is 4.65. The highest BCUT2D eigenvalue weighted by Gasteiger charge is 2.42. The molecule has 2 rings (SSSR count). The van der Waals surface area contributed by atoms with Crippen molar-refractivity contribution >= 4 is 0 Å². The Morgan fingerprint density at radius 2 is 1.73 bits per heavy atom. The number of hydrogen-bond acceptors (Lipinski definition) is 1. The molecule has 0 amide bonds. The maximum Gasteiger partial charge on any atom is 0.106 e. The zero-order valence-corrected chi connectivity index (χ0v) is 6.80. The smallest absolute Gasteiger partial charge is 0.106 e. The molecule has 0 unspecified atom stereocenters. The summed E-state index contributed by atoms with van der Waals surface area (Å²) in [4.78, 5) is 0. The molecular weight excluding hydrogens is 141 g/mol. The van der Waals surface area contributed by atoms with Crippen molar-refractivity contribution < 1.29 is 4.39 Å². The van der Waals surface area contributed by atoms with E-state index in [2.05, 4.69) is 0 Å². The van der Waals surface area contributed by atoms with Gasteiger partial charge in [-0.25, -0.2) is 4.39 Å². The Kier molecular flexibility index (Phi) is 1.88. The first-order chi connectivity index (χ1) is 5.31. The maximum atomic E-state index is 13.3. The van der Waals surface area contributed by atoms with E-state index in [-0.39, 0.29) is 0 Å². The molecule has 2 heteroatoms. The monoisotopic (exact) mass is 157 g/mol. The average molecular weight is 157 g/mol. The average Bonchev–Trinajstić information content (AvgIpc) is 2.26. The molecular formula is C9H16FN. The molecule has 0 saturated heterocycles. The minimum Gasteiger partial charge on any atom is -0.330 e. The molecule has 2 aliphatic carbocycles. The summed E-state index contributed by atoms with van der Waals surface area (Å²) in [6.45, 7) is 0.764. The standard InChI is InChI=1S/C9H16FN/c10-9-7-1-2-8(9)4-6(3-7)5-11/h6-9H,1-5,11H2/t6?,7-,8-,9?/m1/s1. The molecule has 2 N–H and O–H groups in total. The fourth-order valence-corrected chi connectivity index (χ4v) is 2.77. The van der Waals surface area contributed by atoms with Crippen LogP contribution in [0.3, 0.4) is 0 Å². The second-order valence-corrected chi connectivity index (χ2v) is 4.12.